The third-order valence-electron chi connectivity index (χ3n) is 2.46. The number of benzene rings is 1. The minimum atomic E-state index is -5.11. The molecule has 0 bridgehead atoms. The minimum Gasteiger partial charge on any atom is -0.480 e. The van der Waals surface area contributed by atoms with Crippen molar-refractivity contribution in [1.82, 2.24) is 4.72 Å². The molecule has 0 atom stereocenters. The van der Waals surface area contributed by atoms with Crippen molar-refractivity contribution in [1.29, 1.82) is 0 Å². The zero-order valence-electron chi connectivity index (χ0n) is 10.8. The fourth-order valence-electron chi connectivity index (χ4n) is 1.39. The molecule has 1 aromatic carbocycles. The minimum absolute atomic E-state index is 0.0301. The lowest BCUT2D eigenvalue weighted by atomic mass is 10.1. The second-order valence-electron chi connectivity index (χ2n) is 4.67. The van der Waals surface area contributed by atoms with Crippen molar-refractivity contribution in [2.75, 3.05) is 0 Å². The van der Waals surface area contributed by atoms with E-state index in [4.69, 9.17) is 5.11 Å². The van der Waals surface area contributed by atoms with Crippen LogP contribution in [0.15, 0.2) is 23.1 Å². The van der Waals surface area contributed by atoms with Gasteiger partial charge in [-0.1, -0.05) is 0 Å². The molecule has 0 saturated carbocycles. The quantitative estimate of drug-likeness (QED) is 0.828. The van der Waals surface area contributed by atoms with Crippen molar-refractivity contribution >= 4 is 16.0 Å². The van der Waals surface area contributed by atoms with Crippen molar-refractivity contribution in [2.45, 2.75) is 30.5 Å². The zero-order chi connectivity index (χ0) is 16.6. The highest BCUT2D eigenvalue weighted by Gasteiger charge is 2.40. The van der Waals surface area contributed by atoms with E-state index in [1.807, 2.05) is 0 Å². The molecule has 21 heavy (non-hydrogen) atoms. The highest BCUT2D eigenvalue weighted by molar-refractivity contribution is 7.89. The maximum absolute atomic E-state index is 12.9. The molecule has 0 aliphatic heterocycles. The SMILES string of the molecule is CC(C)(NS(=O)(=O)c1ccc(F)cc1C(F)(F)F)C(=O)O. The summed E-state index contributed by atoms with van der Waals surface area (Å²) in [4.78, 5) is 9.61. The predicted molar refractivity (Wildman–Crippen MR) is 63.4 cm³/mol. The molecule has 2 N–H and O–H groups in total. The summed E-state index contributed by atoms with van der Waals surface area (Å²) < 4.78 is 76.7. The predicted octanol–water partition coefficient (Wildman–Crippen LogP) is 1.99. The van der Waals surface area contributed by atoms with E-state index in [0.717, 1.165) is 13.8 Å². The van der Waals surface area contributed by atoms with Gasteiger partial charge in [0.25, 0.3) is 0 Å². The van der Waals surface area contributed by atoms with Crippen LogP contribution in [0.4, 0.5) is 17.6 Å². The lowest BCUT2D eigenvalue weighted by Crippen LogP contribution is -2.49. The number of alkyl halides is 3. The van der Waals surface area contributed by atoms with Gasteiger partial charge in [-0.15, -0.1) is 0 Å². The van der Waals surface area contributed by atoms with Crippen LogP contribution in [0.2, 0.25) is 0 Å². The molecule has 0 aliphatic carbocycles. The van der Waals surface area contributed by atoms with E-state index in [9.17, 15) is 30.8 Å². The van der Waals surface area contributed by atoms with Crippen LogP contribution in [0.1, 0.15) is 19.4 Å². The second kappa shape index (κ2) is 5.26. The van der Waals surface area contributed by atoms with Gasteiger partial charge in [0.1, 0.15) is 11.4 Å². The van der Waals surface area contributed by atoms with E-state index in [-0.39, 0.29) is 6.07 Å². The number of sulfonamides is 1. The van der Waals surface area contributed by atoms with Crippen LogP contribution in [0.25, 0.3) is 0 Å². The number of carboxylic acids is 1. The maximum Gasteiger partial charge on any atom is 0.417 e. The molecule has 0 fully saturated rings. The molecule has 0 unspecified atom stereocenters. The zero-order valence-corrected chi connectivity index (χ0v) is 11.6. The molecule has 0 saturated heterocycles. The number of carbonyl (C=O) groups is 1. The number of carboxylic acid groups (broad SMARTS) is 1. The number of hydrogen-bond acceptors (Lipinski definition) is 3. The van der Waals surface area contributed by atoms with Gasteiger partial charge in [-0.25, -0.2) is 12.8 Å². The number of rotatable bonds is 4. The summed E-state index contributed by atoms with van der Waals surface area (Å²) in [6, 6.07) is 0.998. The van der Waals surface area contributed by atoms with Crippen LogP contribution in [-0.2, 0) is 21.0 Å². The Morgan fingerprint density at radius 2 is 1.76 bits per heavy atom. The summed E-state index contributed by atoms with van der Waals surface area (Å²) in [5.74, 6) is -2.85. The van der Waals surface area contributed by atoms with E-state index in [1.54, 1.807) is 4.72 Å². The number of aliphatic carboxylic acids is 1. The van der Waals surface area contributed by atoms with E-state index in [0.29, 0.717) is 12.1 Å². The molecular weight excluding hydrogens is 318 g/mol. The van der Waals surface area contributed by atoms with Gasteiger partial charge in [0, 0.05) is 0 Å². The summed E-state index contributed by atoms with van der Waals surface area (Å²) in [5.41, 5.74) is -3.74. The first-order chi connectivity index (χ1) is 9.27. The van der Waals surface area contributed by atoms with Crippen molar-refractivity contribution < 1.29 is 35.9 Å². The van der Waals surface area contributed by atoms with Gasteiger partial charge >= 0.3 is 12.1 Å². The monoisotopic (exact) mass is 329 g/mol. The summed E-state index contributed by atoms with van der Waals surface area (Å²) in [7, 11) is -4.81. The highest BCUT2D eigenvalue weighted by atomic mass is 32.2. The molecule has 118 valence electrons. The van der Waals surface area contributed by atoms with Crippen LogP contribution in [0.3, 0.4) is 0 Å². The maximum atomic E-state index is 12.9. The van der Waals surface area contributed by atoms with Gasteiger partial charge in [-0.2, -0.15) is 17.9 Å². The van der Waals surface area contributed by atoms with E-state index in [2.05, 4.69) is 0 Å². The average Bonchev–Trinajstić information content (AvgIpc) is 2.25. The lowest BCUT2D eigenvalue weighted by Gasteiger charge is -2.22. The van der Waals surface area contributed by atoms with E-state index < -0.39 is 44.0 Å². The summed E-state index contributed by atoms with van der Waals surface area (Å²) in [6.07, 6.45) is -5.11. The Balaban J connectivity index is 3.43. The first-order valence-corrected chi connectivity index (χ1v) is 6.90. The fourth-order valence-corrected chi connectivity index (χ4v) is 2.97. The largest absolute Gasteiger partial charge is 0.480 e. The number of halogens is 4. The standard InChI is InChI=1S/C11H11F4NO4S/c1-10(2,9(17)18)16-21(19,20)8-4-3-6(12)5-7(8)11(13,14)15/h3-5,16H,1-2H3,(H,17,18). The highest BCUT2D eigenvalue weighted by Crippen LogP contribution is 2.34. The smallest absolute Gasteiger partial charge is 0.417 e. The molecular formula is C11H11F4NO4S. The first-order valence-electron chi connectivity index (χ1n) is 5.41. The topological polar surface area (TPSA) is 83.5 Å². The van der Waals surface area contributed by atoms with Gasteiger partial charge < -0.3 is 5.11 Å². The summed E-state index contributed by atoms with van der Waals surface area (Å²) >= 11 is 0. The first kappa shape index (κ1) is 17.4. The fraction of sp³-hybridized carbons (Fsp3) is 0.364. The summed E-state index contributed by atoms with van der Waals surface area (Å²) in [6.45, 7) is 1.92. The van der Waals surface area contributed by atoms with Gasteiger partial charge in [-0.05, 0) is 32.0 Å². The van der Waals surface area contributed by atoms with E-state index in [1.165, 1.54) is 0 Å². The molecule has 10 heteroatoms. The van der Waals surface area contributed by atoms with Crippen molar-refractivity contribution in [2.24, 2.45) is 0 Å². The number of hydrogen-bond donors (Lipinski definition) is 2. The van der Waals surface area contributed by atoms with Gasteiger partial charge in [0.15, 0.2) is 0 Å². The van der Waals surface area contributed by atoms with Crippen LogP contribution in [0.5, 0.6) is 0 Å². The van der Waals surface area contributed by atoms with Crippen LogP contribution >= 0.6 is 0 Å². The Morgan fingerprint density at radius 1 is 1.24 bits per heavy atom. The molecule has 0 aliphatic rings. The molecule has 1 rings (SSSR count). The van der Waals surface area contributed by atoms with Gasteiger partial charge in [0.2, 0.25) is 10.0 Å². The van der Waals surface area contributed by atoms with Gasteiger partial charge in [-0.3, -0.25) is 4.79 Å². The Bertz CT molecular complexity index is 667. The average molecular weight is 329 g/mol. The Labute approximate surface area is 117 Å². The normalized spacial score (nSPS) is 13.2. The molecule has 0 radical (unpaired) electrons. The Morgan fingerprint density at radius 3 is 2.19 bits per heavy atom. The molecule has 0 aromatic heterocycles. The van der Waals surface area contributed by atoms with Crippen molar-refractivity contribution in [3.05, 3.63) is 29.6 Å². The van der Waals surface area contributed by atoms with Crippen molar-refractivity contribution in [3.63, 3.8) is 0 Å². The molecule has 0 heterocycles. The molecule has 0 spiro atoms. The van der Waals surface area contributed by atoms with Crippen LogP contribution in [0, 0.1) is 5.82 Å². The molecule has 1 aromatic rings. The third kappa shape index (κ3) is 3.91. The molecule has 5 nitrogen and oxygen atoms in total. The number of nitrogens with one attached hydrogen (secondary N) is 1. The van der Waals surface area contributed by atoms with E-state index >= 15 is 0 Å². The van der Waals surface area contributed by atoms with Crippen LogP contribution < -0.4 is 4.72 Å². The Kier molecular flexibility index (Phi) is 4.35. The Hall–Kier alpha value is -1.68. The van der Waals surface area contributed by atoms with Crippen LogP contribution in [-0.4, -0.2) is 25.0 Å². The second-order valence-corrected chi connectivity index (χ2v) is 6.32. The third-order valence-corrected chi connectivity index (χ3v) is 4.17. The molecule has 0 amide bonds. The summed E-state index contributed by atoms with van der Waals surface area (Å²) in [5, 5.41) is 8.82. The van der Waals surface area contributed by atoms with Crippen molar-refractivity contribution in [3.8, 4) is 0 Å². The lowest BCUT2D eigenvalue weighted by molar-refractivity contribution is -0.142. The van der Waals surface area contributed by atoms with Gasteiger partial charge in [0.05, 0.1) is 10.5 Å².